The molecule has 0 spiro atoms. The van der Waals surface area contributed by atoms with Crippen molar-refractivity contribution in [2.45, 2.75) is 26.1 Å². The minimum atomic E-state index is -1.29. The number of likely N-dealkylation sites (N-methyl/N-ethyl adjacent to an activating group) is 1. The summed E-state index contributed by atoms with van der Waals surface area (Å²) in [6.07, 6.45) is 0. The lowest BCUT2D eigenvalue weighted by molar-refractivity contribution is 0.195. The van der Waals surface area contributed by atoms with Crippen LogP contribution >= 0.6 is 0 Å². The van der Waals surface area contributed by atoms with Gasteiger partial charge in [-0.1, -0.05) is 6.92 Å². The number of hydrogen-bond donors (Lipinski definition) is 0. The van der Waals surface area contributed by atoms with Crippen LogP contribution in [0, 0.1) is 5.92 Å². The third kappa shape index (κ3) is 3.25. The smallest absolute Gasteiger partial charge is 0.187 e. The summed E-state index contributed by atoms with van der Waals surface area (Å²) in [7, 11) is 0.888. The molecule has 1 atom stereocenters. The summed E-state index contributed by atoms with van der Waals surface area (Å²) in [4.78, 5) is 2.37. The molecule has 1 aliphatic heterocycles. The second-order valence-electron chi connectivity index (χ2n) is 4.68. The zero-order valence-electron chi connectivity index (χ0n) is 8.76. The molecular formula is C9H21NOSi. The molecule has 1 rings (SSSR count). The minimum Gasteiger partial charge on any atom is -0.416 e. The Hall–Kier alpha value is 0.137. The summed E-state index contributed by atoms with van der Waals surface area (Å²) in [6, 6.07) is 1.30. The summed E-state index contributed by atoms with van der Waals surface area (Å²) < 4.78 is 5.91. The van der Waals surface area contributed by atoms with E-state index in [-0.39, 0.29) is 0 Å². The van der Waals surface area contributed by atoms with Crippen LogP contribution in [0.25, 0.3) is 0 Å². The third-order valence-electron chi connectivity index (χ3n) is 2.43. The van der Waals surface area contributed by atoms with Gasteiger partial charge in [-0.25, -0.2) is 0 Å². The maximum atomic E-state index is 5.91. The van der Waals surface area contributed by atoms with Gasteiger partial charge in [0.25, 0.3) is 0 Å². The second kappa shape index (κ2) is 3.90. The molecular weight excluding hydrogens is 166 g/mol. The molecule has 72 valence electrons. The molecule has 12 heavy (non-hydrogen) atoms. The van der Waals surface area contributed by atoms with Crippen molar-refractivity contribution in [1.29, 1.82) is 0 Å². The quantitative estimate of drug-likeness (QED) is 0.536. The van der Waals surface area contributed by atoms with Gasteiger partial charge in [0.05, 0.1) is 0 Å². The number of nitrogens with zero attached hydrogens (tertiary/aromatic N) is 1. The fraction of sp³-hybridized carbons (Fsp3) is 1.00. The molecule has 0 aliphatic carbocycles. The molecule has 1 unspecified atom stereocenters. The van der Waals surface area contributed by atoms with E-state index in [0.717, 1.165) is 19.1 Å². The lowest BCUT2D eigenvalue weighted by Gasteiger charge is -2.32. The molecule has 3 heteroatoms. The summed E-state index contributed by atoms with van der Waals surface area (Å²) in [6.45, 7) is 10.3. The molecule has 1 heterocycles. The van der Waals surface area contributed by atoms with Gasteiger partial charge in [-0.15, -0.1) is 0 Å². The van der Waals surface area contributed by atoms with Crippen molar-refractivity contribution in [3.8, 4) is 0 Å². The van der Waals surface area contributed by atoms with Crippen LogP contribution in [0.5, 0.6) is 0 Å². The summed E-state index contributed by atoms with van der Waals surface area (Å²) in [5.74, 6) is 0.803. The van der Waals surface area contributed by atoms with E-state index in [1.165, 1.54) is 12.6 Å². The number of hydrogen-bond acceptors (Lipinski definition) is 2. The van der Waals surface area contributed by atoms with Gasteiger partial charge in [0.15, 0.2) is 8.32 Å². The van der Waals surface area contributed by atoms with Gasteiger partial charge in [-0.3, -0.25) is 0 Å². The molecule has 1 saturated heterocycles. The predicted molar refractivity (Wildman–Crippen MR) is 54.9 cm³/mol. The third-order valence-corrected chi connectivity index (χ3v) is 5.09. The molecule has 0 radical (unpaired) electrons. The summed E-state index contributed by atoms with van der Waals surface area (Å²) in [5.41, 5.74) is 0. The Labute approximate surface area is 77.0 Å². The highest BCUT2D eigenvalue weighted by Gasteiger charge is 2.27. The fourth-order valence-electron chi connectivity index (χ4n) is 2.06. The molecule has 2 nitrogen and oxygen atoms in total. The van der Waals surface area contributed by atoms with Crippen molar-refractivity contribution in [2.75, 3.05) is 26.7 Å². The van der Waals surface area contributed by atoms with E-state index in [1.807, 2.05) is 0 Å². The lowest BCUT2D eigenvalue weighted by atomic mass is 10.2. The van der Waals surface area contributed by atoms with E-state index < -0.39 is 8.32 Å². The Morgan fingerprint density at radius 1 is 1.42 bits per heavy atom. The maximum Gasteiger partial charge on any atom is 0.187 e. The lowest BCUT2D eigenvalue weighted by Crippen LogP contribution is -2.41. The molecule has 1 fully saturated rings. The van der Waals surface area contributed by atoms with E-state index in [0.29, 0.717) is 0 Å². The Balaban J connectivity index is 2.48. The van der Waals surface area contributed by atoms with Gasteiger partial charge in [0, 0.05) is 19.7 Å². The van der Waals surface area contributed by atoms with Crippen LogP contribution in [0.4, 0.5) is 0 Å². The van der Waals surface area contributed by atoms with Crippen molar-refractivity contribution in [3.05, 3.63) is 0 Å². The Morgan fingerprint density at radius 3 is 2.75 bits per heavy atom. The first-order valence-corrected chi connectivity index (χ1v) is 7.94. The van der Waals surface area contributed by atoms with E-state index in [4.69, 9.17) is 4.43 Å². The minimum absolute atomic E-state index is 0.803. The summed E-state index contributed by atoms with van der Waals surface area (Å²) in [5, 5.41) is 0. The molecule has 0 amide bonds. The first-order chi connectivity index (χ1) is 5.49. The highest BCUT2D eigenvalue weighted by molar-refractivity contribution is 6.71. The van der Waals surface area contributed by atoms with E-state index >= 15 is 0 Å². The predicted octanol–water partition coefficient (Wildman–Crippen LogP) is 1.79. The standard InChI is InChI=1S/C9H21NOSi/c1-9-7-10(2)5-6-11-12(3,4)8-9/h9H,5-8H2,1-4H3. The van der Waals surface area contributed by atoms with Crippen molar-refractivity contribution < 1.29 is 4.43 Å². The Kier molecular flexibility index (Phi) is 3.32. The molecule has 1 aliphatic rings. The van der Waals surface area contributed by atoms with Crippen LogP contribution in [-0.4, -0.2) is 40.0 Å². The summed E-state index contributed by atoms with van der Waals surface area (Å²) >= 11 is 0. The largest absolute Gasteiger partial charge is 0.416 e. The first-order valence-electron chi connectivity index (χ1n) is 4.82. The van der Waals surface area contributed by atoms with Gasteiger partial charge in [-0.05, 0) is 32.1 Å². The average molecular weight is 187 g/mol. The molecule has 0 aromatic heterocycles. The number of rotatable bonds is 0. The van der Waals surface area contributed by atoms with Crippen LogP contribution in [0.2, 0.25) is 19.1 Å². The highest BCUT2D eigenvalue weighted by atomic mass is 28.4. The molecule has 0 aromatic rings. The normalized spacial score (nSPS) is 32.5. The average Bonchev–Trinajstić information content (AvgIpc) is 1.81. The van der Waals surface area contributed by atoms with Gasteiger partial charge in [-0.2, -0.15) is 0 Å². The van der Waals surface area contributed by atoms with E-state index in [9.17, 15) is 0 Å². The Bertz CT molecular complexity index is 149. The van der Waals surface area contributed by atoms with Crippen molar-refractivity contribution >= 4 is 8.32 Å². The van der Waals surface area contributed by atoms with Crippen LogP contribution in [0.15, 0.2) is 0 Å². The topological polar surface area (TPSA) is 12.5 Å². The van der Waals surface area contributed by atoms with Gasteiger partial charge < -0.3 is 9.33 Å². The van der Waals surface area contributed by atoms with Crippen LogP contribution in [0.1, 0.15) is 6.92 Å². The van der Waals surface area contributed by atoms with Gasteiger partial charge >= 0.3 is 0 Å². The van der Waals surface area contributed by atoms with E-state index in [2.05, 4.69) is 32.0 Å². The van der Waals surface area contributed by atoms with Crippen LogP contribution in [-0.2, 0) is 4.43 Å². The van der Waals surface area contributed by atoms with Crippen LogP contribution in [0.3, 0.4) is 0 Å². The molecule has 0 saturated carbocycles. The van der Waals surface area contributed by atoms with Crippen LogP contribution < -0.4 is 0 Å². The van der Waals surface area contributed by atoms with Crippen molar-refractivity contribution in [2.24, 2.45) is 5.92 Å². The highest BCUT2D eigenvalue weighted by Crippen LogP contribution is 2.20. The fourth-order valence-corrected chi connectivity index (χ4v) is 4.63. The van der Waals surface area contributed by atoms with E-state index in [1.54, 1.807) is 0 Å². The van der Waals surface area contributed by atoms with Gasteiger partial charge in [0.2, 0.25) is 0 Å². The molecule has 0 aromatic carbocycles. The molecule has 0 bridgehead atoms. The SMILES string of the molecule is CC1CN(C)CCO[Si](C)(C)C1. The van der Waals surface area contributed by atoms with Crippen molar-refractivity contribution in [1.82, 2.24) is 4.90 Å². The second-order valence-corrected chi connectivity index (χ2v) is 8.90. The van der Waals surface area contributed by atoms with Crippen molar-refractivity contribution in [3.63, 3.8) is 0 Å². The first kappa shape index (κ1) is 10.2. The maximum absolute atomic E-state index is 5.91. The Morgan fingerprint density at radius 2 is 2.08 bits per heavy atom. The monoisotopic (exact) mass is 187 g/mol. The molecule has 0 N–H and O–H groups in total. The zero-order valence-corrected chi connectivity index (χ0v) is 9.76. The zero-order chi connectivity index (χ0) is 9.19. The van der Waals surface area contributed by atoms with Gasteiger partial charge in [0.1, 0.15) is 0 Å².